The van der Waals surface area contributed by atoms with Crippen molar-refractivity contribution in [1.82, 2.24) is 10.2 Å². The van der Waals surface area contributed by atoms with Gasteiger partial charge in [-0.3, -0.25) is 14.0 Å². The molecule has 1 heterocycles. The number of ether oxygens (including phenoxy) is 4. The van der Waals surface area contributed by atoms with Gasteiger partial charge < -0.3 is 24.3 Å². The van der Waals surface area contributed by atoms with Crippen LogP contribution in [0.1, 0.15) is 0 Å². The molecule has 0 spiro atoms. The summed E-state index contributed by atoms with van der Waals surface area (Å²) in [6.45, 7) is 3.65. The predicted octanol–water partition coefficient (Wildman–Crippen LogP) is 1.36. The highest BCUT2D eigenvalue weighted by Gasteiger charge is 2.28. The summed E-state index contributed by atoms with van der Waals surface area (Å²) >= 11 is 0. The van der Waals surface area contributed by atoms with Gasteiger partial charge in [-0.1, -0.05) is 0 Å². The lowest BCUT2D eigenvalue weighted by molar-refractivity contribution is -0.119. The third-order valence-electron chi connectivity index (χ3n) is 5.44. The summed E-state index contributed by atoms with van der Waals surface area (Å²) in [5.41, 5.74) is 0.332. The molecular formula is C23H31N3O7S. The summed E-state index contributed by atoms with van der Waals surface area (Å²) in [6, 6.07) is 10.8. The van der Waals surface area contributed by atoms with E-state index >= 15 is 0 Å². The highest BCUT2D eigenvalue weighted by Crippen LogP contribution is 2.32. The van der Waals surface area contributed by atoms with Gasteiger partial charge in [0.15, 0.2) is 11.5 Å². The Bertz CT molecular complexity index is 1050. The minimum Gasteiger partial charge on any atom is -0.497 e. The molecule has 1 aliphatic heterocycles. The Balaban J connectivity index is 1.82. The molecule has 0 radical (unpaired) electrons. The van der Waals surface area contributed by atoms with Gasteiger partial charge in [-0.15, -0.1) is 0 Å². The van der Waals surface area contributed by atoms with Crippen LogP contribution >= 0.6 is 0 Å². The molecule has 0 bridgehead atoms. The molecule has 11 heteroatoms. The largest absolute Gasteiger partial charge is 0.497 e. The highest BCUT2D eigenvalue weighted by atomic mass is 32.2. The van der Waals surface area contributed by atoms with Crippen LogP contribution in [-0.4, -0.2) is 86.5 Å². The first-order valence-electron chi connectivity index (χ1n) is 10.8. The molecule has 2 aromatic carbocycles. The quantitative estimate of drug-likeness (QED) is 0.500. The van der Waals surface area contributed by atoms with E-state index in [1.165, 1.54) is 39.5 Å². The molecule has 3 rings (SSSR count). The molecule has 1 amide bonds. The van der Waals surface area contributed by atoms with Gasteiger partial charge in [0.05, 0.1) is 45.1 Å². The molecule has 10 nitrogen and oxygen atoms in total. The fourth-order valence-electron chi connectivity index (χ4n) is 3.53. The lowest BCUT2D eigenvalue weighted by Crippen LogP contribution is -2.44. The van der Waals surface area contributed by atoms with Crippen LogP contribution in [0.4, 0.5) is 5.69 Å². The zero-order chi connectivity index (χ0) is 24.6. The molecule has 0 saturated carbocycles. The SMILES string of the molecule is COc1ccc(N(CC(=O)NCCN2CCOCC2)S(=O)(=O)c2ccc(OC)c(OC)c2)cc1. The smallest absolute Gasteiger partial charge is 0.264 e. The number of hydrogen-bond donors (Lipinski definition) is 1. The van der Waals surface area contributed by atoms with E-state index in [1.54, 1.807) is 24.3 Å². The summed E-state index contributed by atoms with van der Waals surface area (Å²) in [5.74, 6) is 0.835. The number of methoxy groups -OCH3 is 3. The number of amides is 1. The summed E-state index contributed by atoms with van der Waals surface area (Å²) in [7, 11) is 0.317. The Morgan fingerprint density at radius 3 is 2.29 bits per heavy atom. The van der Waals surface area contributed by atoms with Gasteiger partial charge in [0.25, 0.3) is 10.0 Å². The second kappa shape index (κ2) is 11.9. The second-order valence-corrected chi connectivity index (χ2v) is 9.39. The number of carbonyl (C=O) groups excluding carboxylic acids is 1. The summed E-state index contributed by atoms with van der Waals surface area (Å²) < 4.78 is 49.3. The van der Waals surface area contributed by atoms with Crippen molar-refractivity contribution in [3.63, 3.8) is 0 Å². The Kier molecular flexibility index (Phi) is 8.97. The number of rotatable bonds is 11. The normalized spacial score (nSPS) is 14.3. The van der Waals surface area contributed by atoms with Crippen LogP contribution in [0.15, 0.2) is 47.4 Å². The molecule has 1 aliphatic rings. The Morgan fingerprint density at radius 2 is 1.68 bits per heavy atom. The highest BCUT2D eigenvalue weighted by molar-refractivity contribution is 7.92. The van der Waals surface area contributed by atoms with Crippen molar-refractivity contribution in [3.8, 4) is 17.2 Å². The van der Waals surface area contributed by atoms with Crippen LogP contribution in [-0.2, 0) is 19.6 Å². The van der Waals surface area contributed by atoms with E-state index in [9.17, 15) is 13.2 Å². The van der Waals surface area contributed by atoms with Gasteiger partial charge in [0.2, 0.25) is 5.91 Å². The fourth-order valence-corrected chi connectivity index (χ4v) is 4.97. The van der Waals surface area contributed by atoms with Crippen molar-refractivity contribution in [2.45, 2.75) is 4.90 Å². The molecule has 1 fully saturated rings. The molecule has 0 aromatic heterocycles. The Labute approximate surface area is 200 Å². The minimum atomic E-state index is -4.10. The fraction of sp³-hybridized carbons (Fsp3) is 0.435. The van der Waals surface area contributed by atoms with Crippen LogP contribution in [0, 0.1) is 0 Å². The topological polar surface area (TPSA) is 107 Å². The lowest BCUT2D eigenvalue weighted by Gasteiger charge is -2.27. The molecule has 186 valence electrons. The van der Waals surface area contributed by atoms with Crippen LogP contribution < -0.4 is 23.8 Å². The average molecular weight is 494 g/mol. The van der Waals surface area contributed by atoms with Gasteiger partial charge in [-0.25, -0.2) is 8.42 Å². The van der Waals surface area contributed by atoms with Crippen molar-refractivity contribution in [1.29, 1.82) is 0 Å². The molecule has 1 N–H and O–H groups in total. The molecular weight excluding hydrogens is 462 g/mol. The minimum absolute atomic E-state index is 0.0258. The number of nitrogens with zero attached hydrogens (tertiary/aromatic N) is 2. The van der Waals surface area contributed by atoms with E-state index in [4.69, 9.17) is 18.9 Å². The number of nitrogens with one attached hydrogen (secondary N) is 1. The van der Waals surface area contributed by atoms with E-state index in [1.807, 2.05) is 0 Å². The second-order valence-electron chi connectivity index (χ2n) is 7.53. The maximum absolute atomic E-state index is 13.6. The van der Waals surface area contributed by atoms with Gasteiger partial charge >= 0.3 is 0 Å². The van der Waals surface area contributed by atoms with Crippen molar-refractivity contribution in [2.75, 3.05) is 71.6 Å². The monoisotopic (exact) mass is 493 g/mol. The first-order valence-corrected chi connectivity index (χ1v) is 12.3. The van der Waals surface area contributed by atoms with Crippen molar-refractivity contribution in [2.24, 2.45) is 0 Å². The van der Waals surface area contributed by atoms with Gasteiger partial charge in [0, 0.05) is 32.2 Å². The number of sulfonamides is 1. The maximum atomic E-state index is 13.6. The molecule has 0 atom stereocenters. The summed E-state index contributed by atoms with van der Waals surface area (Å²) in [5, 5.41) is 2.82. The number of anilines is 1. The molecule has 34 heavy (non-hydrogen) atoms. The van der Waals surface area contributed by atoms with Crippen LogP contribution in [0.3, 0.4) is 0 Å². The third kappa shape index (κ3) is 6.31. The zero-order valence-electron chi connectivity index (χ0n) is 19.7. The Morgan fingerprint density at radius 1 is 1.00 bits per heavy atom. The Hall–Kier alpha value is -3.02. The number of hydrogen-bond acceptors (Lipinski definition) is 8. The van der Waals surface area contributed by atoms with Crippen LogP contribution in [0.5, 0.6) is 17.2 Å². The average Bonchev–Trinajstić information content (AvgIpc) is 2.87. The molecule has 0 aliphatic carbocycles. The van der Waals surface area contributed by atoms with E-state index in [0.29, 0.717) is 43.5 Å². The molecule has 0 unspecified atom stereocenters. The maximum Gasteiger partial charge on any atom is 0.264 e. The first-order chi connectivity index (χ1) is 16.4. The van der Waals surface area contributed by atoms with Crippen LogP contribution in [0.2, 0.25) is 0 Å². The third-order valence-corrected chi connectivity index (χ3v) is 7.21. The van der Waals surface area contributed by atoms with Gasteiger partial charge in [0.1, 0.15) is 12.3 Å². The van der Waals surface area contributed by atoms with Gasteiger partial charge in [-0.05, 0) is 36.4 Å². The van der Waals surface area contributed by atoms with Crippen molar-refractivity contribution in [3.05, 3.63) is 42.5 Å². The molecule has 2 aromatic rings. The predicted molar refractivity (Wildman–Crippen MR) is 127 cm³/mol. The molecule has 1 saturated heterocycles. The lowest BCUT2D eigenvalue weighted by atomic mass is 10.3. The van der Waals surface area contributed by atoms with E-state index in [0.717, 1.165) is 17.4 Å². The summed E-state index contributed by atoms with van der Waals surface area (Å²) in [4.78, 5) is 14.9. The van der Waals surface area contributed by atoms with Crippen molar-refractivity contribution >= 4 is 21.6 Å². The van der Waals surface area contributed by atoms with E-state index in [-0.39, 0.29) is 17.2 Å². The number of carbonyl (C=O) groups is 1. The van der Waals surface area contributed by atoms with E-state index < -0.39 is 15.9 Å². The van der Waals surface area contributed by atoms with Crippen molar-refractivity contribution < 1.29 is 32.2 Å². The van der Waals surface area contributed by atoms with Crippen LogP contribution in [0.25, 0.3) is 0 Å². The number of benzene rings is 2. The standard InChI is InChI=1S/C23H31N3O7S/c1-30-19-6-4-18(5-7-19)26(17-23(27)24-10-11-25-12-14-33-15-13-25)34(28,29)20-8-9-21(31-2)22(16-20)32-3/h4-9,16H,10-15,17H2,1-3H3,(H,24,27). The first kappa shape index (κ1) is 25.6. The summed E-state index contributed by atoms with van der Waals surface area (Å²) in [6.07, 6.45) is 0. The van der Waals surface area contributed by atoms with E-state index in [2.05, 4.69) is 10.2 Å². The van der Waals surface area contributed by atoms with Gasteiger partial charge in [-0.2, -0.15) is 0 Å². The number of morpholine rings is 1. The zero-order valence-corrected chi connectivity index (χ0v) is 20.5.